The maximum absolute atomic E-state index is 11.9. The van der Waals surface area contributed by atoms with Crippen molar-refractivity contribution in [2.24, 2.45) is 4.99 Å². The van der Waals surface area contributed by atoms with Crippen molar-refractivity contribution in [2.75, 3.05) is 25.5 Å². The number of aliphatic imine (C=N–C) groups is 1. The van der Waals surface area contributed by atoms with Crippen LogP contribution in [0.4, 0.5) is 0 Å². The second-order valence-electron chi connectivity index (χ2n) is 19.0. The summed E-state index contributed by atoms with van der Waals surface area (Å²) in [5, 5.41) is 0. The van der Waals surface area contributed by atoms with Gasteiger partial charge in [-0.3, -0.25) is 14.1 Å². The number of nitrogens with one attached hydrogen (secondary N) is 1. The lowest BCUT2D eigenvalue weighted by molar-refractivity contribution is 0.309. The van der Waals surface area contributed by atoms with Crippen molar-refractivity contribution in [2.45, 2.75) is 6.42 Å². The Morgan fingerprint density at radius 1 is 0.463 bits per heavy atom. The Bertz CT molecular complexity index is 3950. The first-order chi connectivity index (χ1) is 39.9. The zero-order chi connectivity index (χ0) is 56.5. The second-order valence-corrected chi connectivity index (χ2v) is 22.6. The minimum Gasteiger partial charge on any atom is -0.492 e. The standard InChI is InChI=1S/C41H37N3O8P2.C24H16N2O2/c45-53(46,47)23-21-51-36-27-34(41-43-39(30-17-9-3-10-18-30)40(44-41)31-19-11-4-12-20-31)37(52-22-24-54(48,49)50)26-33(36)35-25-32(28-13-5-1-6-14-28)38(42-35)29-15-7-2-8-16-29;1-3-7-17(8-4-1)21-15-25-23(27-21)19-11-13-20(14-12-19)24-26-16-22(28-24)18-9-5-2-6-10-18/h1-20,26-27H,21-25H2,(H,43,44)(H2,45,46,47)(H2,48,49,50);1-16H. The highest BCUT2D eigenvalue weighted by Gasteiger charge is 2.28. The highest BCUT2D eigenvalue weighted by molar-refractivity contribution is 7.52. The molecule has 4 heterocycles. The first-order valence-electron chi connectivity index (χ1n) is 26.2. The van der Waals surface area contributed by atoms with Gasteiger partial charge in [-0.05, 0) is 47.5 Å². The minimum atomic E-state index is -4.41. The molecule has 0 bridgehead atoms. The third-order valence-corrected chi connectivity index (χ3v) is 14.8. The topological polar surface area (TPSA) is 227 Å². The Hall–Kier alpha value is -9.30. The summed E-state index contributed by atoms with van der Waals surface area (Å²) in [5.74, 6) is 3.59. The van der Waals surface area contributed by atoms with Crippen molar-refractivity contribution < 1.29 is 47.0 Å². The zero-order valence-corrected chi connectivity index (χ0v) is 45.7. The van der Waals surface area contributed by atoms with Crippen LogP contribution in [0.25, 0.3) is 90.7 Å². The molecule has 1 aliphatic rings. The van der Waals surface area contributed by atoms with Gasteiger partial charge < -0.3 is 42.9 Å². The van der Waals surface area contributed by atoms with Gasteiger partial charge >= 0.3 is 15.2 Å². The molecule has 17 heteroatoms. The molecule has 8 aromatic carbocycles. The van der Waals surface area contributed by atoms with Gasteiger partial charge in [0.2, 0.25) is 11.8 Å². The van der Waals surface area contributed by atoms with E-state index in [0.29, 0.717) is 46.6 Å². The van der Waals surface area contributed by atoms with Gasteiger partial charge in [-0.1, -0.05) is 182 Å². The number of benzene rings is 8. The number of hydrogen-bond acceptors (Lipinski definition) is 10. The Balaban J connectivity index is 0.000000210. The summed E-state index contributed by atoms with van der Waals surface area (Å²) >= 11 is 0. The fraction of sp³-hybridized carbons (Fsp3) is 0.0769. The van der Waals surface area contributed by atoms with Crippen LogP contribution in [0.3, 0.4) is 0 Å². The van der Waals surface area contributed by atoms with E-state index < -0.39 is 27.5 Å². The van der Waals surface area contributed by atoms with Crippen LogP contribution in [0.5, 0.6) is 11.5 Å². The van der Waals surface area contributed by atoms with Gasteiger partial charge in [-0.2, -0.15) is 0 Å². The maximum atomic E-state index is 11.9. The van der Waals surface area contributed by atoms with Crippen LogP contribution in [0.2, 0.25) is 0 Å². The van der Waals surface area contributed by atoms with Crippen LogP contribution in [-0.4, -0.2) is 70.8 Å². The van der Waals surface area contributed by atoms with Gasteiger partial charge in [0.1, 0.15) is 17.3 Å². The van der Waals surface area contributed by atoms with Gasteiger partial charge in [0, 0.05) is 50.9 Å². The van der Waals surface area contributed by atoms with Crippen LogP contribution in [0.1, 0.15) is 23.1 Å². The Labute approximate surface area is 472 Å². The van der Waals surface area contributed by atoms with Crippen molar-refractivity contribution in [3.63, 3.8) is 0 Å². The Morgan fingerprint density at radius 2 is 0.866 bits per heavy atom. The summed E-state index contributed by atoms with van der Waals surface area (Å²) in [6.07, 6.45) is 2.84. The highest BCUT2D eigenvalue weighted by Crippen LogP contribution is 2.45. The molecule has 5 N–H and O–H groups in total. The first-order valence-corrected chi connectivity index (χ1v) is 29.8. The molecule has 82 heavy (non-hydrogen) atoms. The lowest BCUT2D eigenvalue weighted by Crippen LogP contribution is -2.10. The third kappa shape index (κ3) is 13.3. The van der Waals surface area contributed by atoms with Gasteiger partial charge in [0.05, 0.1) is 66.3 Å². The smallest absolute Gasteiger partial charge is 0.328 e. The predicted molar refractivity (Wildman–Crippen MR) is 319 cm³/mol. The number of imidazole rings is 1. The molecule has 1 aliphatic heterocycles. The fourth-order valence-corrected chi connectivity index (χ4v) is 9.94. The number of H-pyrrole nitrogens is 1. The van der Waals surface area contributed by atoms with E-state index in [0.717, 1.165) is 73.0 Å². The molecule has 0 fully saturated rings. The van der Waals surface area contributed by atoms with E-state index in [1.807, 2.05) is 206 Å². The number of aromatic nitrogens is 4. The second kappa shape index (κ2) is 24.6. The molecule has 0 radical (unpaired) electrons. The van der Waals surface area contributed by atoms with Gasteiger partial charge in [-0.15, -0.1) is 0 Å². The van der Waals surface area contributed by atoms with E-state index in [2.05, 4.69) is 15.0 Å². The number of oxazole rings is 2. The SMILES string of the molecule is O=P(O)(O)CCOc1cc(-c2nc(-c3ccccc3)c(-c3ccccc3)[nH]2)c(OCCP(=O)(O)O)cc1C1=NC(c2ccccc2)=C(c2ccccc2)C1.c1ccc(-c2cnc(-c3ccc(-c4ncc(-c5ccccc5)o4)cc3)o2)cc1. The third-order valence-electron chi connectivity index (χ3n) is 13.3. The maximum Gasteiger partial charge on any atom is 0.328 e. The summed E-state index contributed by atoms with van der Waals surface area (Å²) in [6, 6.07) is 70.1. The average molecular weight is 1130 g/mol. The number of aromatic amines is 1. The molecule has 0 unspecified atom stereocenters. The summed E-state index contributed by atoms with van der Waals surface area (Å²) in [4.78, 5) is 61.2. The van der Waals surface area contributed by atoms with Crippen LogP contribution in [0, 0.1) is 0 Å². The van der Waals surface area contributed by atoms with Gasteiger partial charge in [-0.25, -0.2) is 15.0 Å². The molecule has 408 valence electrons. The highest BCUT2D eigenvalue weighted by atomic mass is 31.2. The molecule has 0 spiro atoms. The van der Waals surface area contributed by atoms with Crippen molar-refractivity contribution in [1.29, 1.82) is 0 Å². The van der Waals surface area contributed by atoms with E-state index in [9.17, 15) is 28.7 Å². The molecular weight excluding hydrogens is 1070 g/mol. The van der Waals surface area contributed by atoms with Gasteiger partial charge in [0.25, 0.3) is 0 Å². The predicted octanol–water partition coefficient (Wildman–Crippen LogP) is 14.6. The molecule has 0 saturated carbocycles. The number of nitrogens with zero attached hydrogens (tertiary/aromatic N) is 4. The van der Waals surface area contributed by atoms with Crippen molar-refractivity contribution in [3.8, 4) is 91.0 Å². The molecule has 0 saturated heterocycles. The summed E-state index contributed by atoms with van der Waals surface area (Å²) < 4.78 is 48.0. The largest absolute Gasteiger partial charge is 0.492 e. The molecule has 11 aromatic rings. The number of ether oxygens (including phenoxy) is 2. The number of rotatable bonds is 18. The number of allylic oxidation sites excluding steroid dienone is 1. The van der Waals surface area contributed by atoms with E-state index in [1.165, 1.54) is 0 Å². The van der Waals surface area contributed by atoms with E-state index in [-0.39, 0.29) is 24.7 Å². The lowest BCUT2D eigenvalue weighted by Gasteiger charge is -2.18. The first kappa shape index (κ1) is 54.6. The molecule has 3 aromatic heterocycles. The quantitative estimate of drug-likeness (QED) is 0.0505. The minimum absolute atomic E-state index is 0.255. The van der Waals surface area contributed by atoms with Gasteiger partial charge in [0.15, 0.2) is 11.5 Å². The number of hydrogen-bond donors (Lipinski definition) is 5. The van der Waals surface area contributed by atoms with E-state index in [4.69, 9.17) is 28.3 Å². The Kier molecular flexibility index (Phi) is 16.4. The van der Waals surface area contributed by atoms with Crippen LogP contribution in [-0.2, 0) is 9.13 Å². The van der Waals surface area contributed by atoms with Crippen molar-refractivity contribution in [1.82, 2.24) is 19.9 Å². The fourth-order valence-electron chi connectivity index (χ4n) is 9.28. The molecule has 15 nitrogen and oxygen atoms in total. The summed E-state index contributed by atoms with van der Waals surface area (Å²) in [7, 11) is -8.81. The lowest BCUT2D eigenvalue weighted by atomic mass is 9.95. The molecule has 0 aliphatic carbocycles. The monoisotopic (exact) mass is 1130 g/mol. The van der Waals surface area contributed by atoms with Crippen molar-refractivity contribution in [3.05, 3.63) is 247 Å². The Morgan fingerprint density at radius 3 is 1.33 bits per heavy atom. The zero-order valence-electron chi connectivity index (χ0n) is 43.9. The van der Waals surface area contributed by atoms with Crippen molar-refractivity contribution >= 4 is 32.2 Å². The normalized spacial score (nSPS) is 12.4. The summed E-state index contributed by atoms with van der Waals surface area (Å²) in [5.41, 5.74) is 12.1. The average Bonchev–Trinajstić information content (AvgIpc) is 4.26. The molecule has 0 atom stereocenters. The van der Waals surface area contributed by atoms with Crippen LogP contribution >= 0.6 is 15.2 Å². The molecule has 12 rings (SSSR count). The van der Waals surface area contributed by atoms with Crippen LogP contribution in [0.15, 0.2) is 245 Å². The van der Waals surface area contributed by atoms with E-state index >= 15 is 0 Å². The molecular formula is C65H53N5O10P2. The summed E-state index contributed by atoms with van der Waals surface area (Å²) in [6.45, 7) is -0.599. The molecule has 0 amide bonds. The van der Waals surface area contributed by atoms with Crippen LogP contribution < -0.4 is 9.47 Å². The van der Waals surface area contributed by atoms with E-state index in [1.54, 1.807) is 24.5 Å².